The first kappa shape index (κ1) is 15.1. The Labute approximate surface area is 129 Å². The lowest BCUT2D eigenvalue weighted by Crippen LogP contribution is -2.23. The van der Waals surface area contributed by atoms with Crippen molar-refractivity contribution in [3.8, 4) is 0 Å². The normalized spacial score (nSPS) is 10.2. The Morgan fingerprint density at radius 3 is 2.86 bits per heavy atom. The number of hydrogen-bond donors (Lipinski definition) is 1. The number of carbonyl (C=O) groups excluding carboxylic acids is 1. The van der Waals surface area contributed by atoms with Crippen LogP contribution in [0.25, 0.3) is 0 Å². The van der Waals surface area contributed by atoms with Gasteiger partial charge in [-0.2, -0.15) is 0 Å². The van der Waals surface area contributed by atoms with Gasteiger partial charge in [0.1, 0.15) is 0 Å². The van der Waals surface area contributed by atoms with Crippen LogP contribution in [0.3, 0.4) is 0 Å². The summed E-state index contributed by atoms with van der Waals surface area (Å²) in [6, 6.07) is 5.90. The molecule has 7 heteroatoms. The average Bonchev–Trinajstić information content (AvgIpc) is 2.46. The summed E-state index contributed by atoms with van der Waals surface area (Å²) >= 11 is 3.23. The van der Waals surface area contributed by atoms with E-state index in [0.29, 0.717) is 11.0 Å². The summed E-state index contributed by atoms with van der Waals surface area (Å²) in [5.41, 5.74) is 2.02. The fourth-order valence-electron chi connectivity index (χ4n) is 1.77. The van der Waals surface area contributed by atoms with Gasteiger partial charge < -0.3 is 5.32 Å². The molecular formula is C14H12BrN3O3. The number of nitro benzene ring substituents is 1. The van der Waals surface area contributed by atoms with E-state index in [2.05, 4.69) is 26.2 Å². The molecule has 1 aromatic heterocycles. The van der Waals surface area contributed by atoms with Crippen LogP contribution in [0.4, 0.5) is 5.69 Å². The zero-order chi connectivity index (χ0) is 15.4. The number of aromatic nitrogens is 1. The Morgan fingerprint density at radius 1 is 1.43 bits per heavy atom. The number of nitrogens with one attached hydrogen (secondary N) is 1. The number of carbonyl (C=O) groups is 1. The zero-order valence-electron chi connectivity index (χ0n) is 11.2. The van der Waals surface area contributed by atoms with Crippen molar-refractivity contribution in [2.45, 2.75) is 13.5 Å². The highest BCUT2D eigenvalue weighted by Gasteiger charge is 2.15. The number of rotatable bonds is 4. The number of halogens is 1. The van der Waals surface area contributed by atoms with Crippen molar-refractivity contribution in [2.75, 3.05) is 0 Å². The van der Waals surface area contributed by atoms with E-state index in [0.717, 1.165) is 11.1 Å². The molecule has 0 unspecified atom stereocenters. The minimum atomic E-state index is -0.532. The van der Waals surface area contributed by atoms with E-state index in [4.69, 9.17) is 0 Å². The number of amides is 1. The van der Waals surface area contributed by atoms with E-state index in [-0.39, 0.29) is 17.2 Å². The first-order valence-electron chi connectivity index (χ1n) is 6.10. The van der Waals surface area contributed by atoms with E-state index >= 15 is 0 Å². The summed E-state index contributed by atoms with van der Waals surface area (Å²) in [6.45, 7) is 2.24. The minimum absolute atomic E-state index is 0.122. The van der Waals surface area contributed by atoms with Gasteiger partial charge >= 0.3 is 0 Å². The number of nitrogens with zero attached hydrogens (tertiary/aromatic N) is 2. The molecule has 1 N–H and O–H groups in total. The van der Waals surface area contributed by atoms with E-state index in [1.807, 2.05) is 13.0 Å². The SMILES string of the molecule is Cc1cnccc1CNC(=O)c1cc([N+](=O)[O-])ccc1Br. The van der Waals surface area contributed by atoms with Gasteiger partial charge in [0.05, 0.1) is 10.5 Å². The van der Waals surface area contributed by atoms with Crippen molar-refractivity contribution < 1.29 is 9.72 Å². The van der Waals surface area contributed by atoms with Crippen molar-refractivity contribution in [2.24, 2.45) is 0 Å². The quantitative estimate of drug-likeness (QED) is 0.679. The van der Waals surface area contributed by atoms with Crippen molar-refractivity contribution in [1.82, 2.24) is 10.3 Å². The maximum atomic E-state index is 12.1. The highest BCUT2D eigenvalue weighted by molar-refractivity contribution is 9.10. The Morgan fingerprint density at radius 2 is 2.19 bits per heavy atom. The van der Waals surface area contributed by atoms with E-state index in [9.17, 15) is 14.9 Å². The molecule has 0 bridgehead atoms. The van der Waals surface area contributed by atoms with Gasteiger partial charge in [-0.3, -0.25) is 19.9 Å². The van der Waals surface area contributed by atoms with Crippen LogP contribution >= 0.6 is 15.9 Å². The molecule has 2 rings (SSSR count). The first-order chi connectivity index (χ1) is 9.99. The highest BCUT2D eigenvalue weighted by atomic mass is 79.9. The molecule has 0 fully saturated rings. The van der Waals surface area contributed by atoms with Gasteiger partial charge in [-0.1, -0.05) is 0 Å². The van der Waals surface area contributed by atoms with Crippen LogP contribution in [0, 0.1) is 17.0 Å². The molecule has 0 aliphatic heterocycles. The molecule has 0 saturated carbocycles. The molecule has 0 aliphatic carbocycles. The van der Waals surface area contributed by atoms with Crippen molar-refractivity contribution >= 4 is 27.5 Å². The smallest absolute Gasteiger partial charge is 0.270 e. The summed E-state index contributed by atoms with van der Waals surface area (Å²) in [7, 11) is 0. The highest BCUT2D eigenvalue weighted by Crippen LogP contribution is 2.22. The van der Waals surface area contributed by atoms with E-state index in [1.165, 1.54) is 18.2 Å². The number of aryl methyl sites for hydroxylation is 1. The second-order valence-corrected chi connectivity index (χ2v) is 5.26. The predicted molar refractivity (Wildman–Crippen MR) is 80.9 cm³/mol. The maximum Gasteiger partial charge on any atom is 0.270 e. The fraction of sp³-hybridized carbons (Fsp3) is 0.143. The van der Waals surface area contributed by atoms with Crippen molar-refractivity contribution in [1.29, 1.82) is 0 Å². The molecule has 0 aliphatic rings. The summed E-state index contributed by atoms with van der Waals surface area (Å²) in [4.78, 5) is 26.4. The van der Waals surface area contributed by atoms with Crippen LogP contribution in [-0.4, -0.2) is 15.8 Å². The van der Waals surface area contributed by atoms with Crippen LogP contribution in [0.2, 0.25) is 0 Å². The summed E-state index contributed by atoms with van der Waals surface area (Å²) in [5.74, 6) is -0.373. The zero-order valence-corrected chi connectivity index (χ0v) is 12.8. The first-order valence-corrected chi connectivity index (χ1v) is 6.90. The number of benzene rings is 1. The number of hydrogen-bond acceptors (Lipinski definition) is 4. The molecule has 0 radical (unpaired) electrons. The lowest BCUT2D eigenvalue weighted by molar-refractivity contribution is -0.384. The monoisotopic (exact) mass is 349 g/mol. The molecule has 0 spiro atoms. The van der Waals surface area contributed by atoms with E-state index < -0.39 is 4.92 Å². The topological polar surface area (TPSA) is 85.1 Å². The van der Waals surface area contributed by atoms with Gasteiger partial charge in [0.25, 0.3) is 11.6 Å². The second kappa shape index (κ2) is 6.45. The third-order valence-electron chi connectivity index (χ3n) is 2.98. The number of non-ortho nitro benzene ring substituents is 1. The molecule has 21 heavy (non-hydrogen) atoms. The molecular weight excluding hydrogens is 338 g/mol. The van der Waals surface area contributed by atoms with Crippen LogP contribution in [-0.2, 0) is 6.54 Å². The molecule has 1 aromatic carbocycles. The van der Waals surface area contributed by atoms with Gasteiger partial charge in [-0.05, 0) is 46.1 Å². The molecule has 2 aromatic rings. The van der Waals surface area contributed by atoms with Gasteiger partial charge in [0.2, 0.25) is 0 Å². The average molecular weight is 350 g/mol. The molecule has 1 heterocycles. The van der Waals surface area contributed by atoms with Gasteiger partial charge in [-0.25, -0.2) is 0 Å². The summed E-state index contributed by atoms with van der Waals surface area (Å²) in [6.07, 6.45) is 3.36. The fourth-order valence-corrected chi connectivity index (χ4v) is 2.20. The van der Waals surface area contributed by atoms with Gasteiger partial charge in [0.15, 0.2) is 0 Å². The van der Waals surface area contributed by atoms with Crippen molar-refractivity contribution in [3.63, 3.8) is 0 Å². The maximum absolute atomic E-state index is 12.1. The Bertz CT molecular complexity index is 704. The Kier molecular flexibility index (Phi) is 4.64. The molecule has 1 amide bonds. The number of nitro groups is 1. The van der Waals surface area contributed by atoms with Crippen LogP contribution in [0.1, 0.15) is 21.5 Å². The van der Waals surface area contributed by atoms with Gasteiger partial charge in [-0.15, -0.1) is 0 Å². The lowest BCUT2D eigenvalue weighted by Gasteiger charge is -2.08. The molecule has 0 saturated heterocycles. The minimum Gasteiger partial charge on any atom is -0.348 e. The molecule has 6 nitrogen and oxygen atoms in total. The third kappa shape index (κ3) is 3.63. The van der Waals surface area contributed by atoms with Crippen LogP contribution in [0.15, 0.2) is 41.1 Å². The van der Waals surface area contributed by atoms with Crippen molar-refractivity contribution in [3.05, 3.63) is 67.9 Å². The lowest BCUT2D eigenvalue weighted by atomic mass is 10.1. The van der Waals surface area contributed by atoms with Crippen LogP contribution in [0.5, 0.6) is 0 Å². The summed E-state index contributed by atoms with van der Waals surface area (Å²) < 4.78 is 0.511. The molecule has 0 atom stereocenters. The number of pyridine rings is 1. The Balaban J connectivity index is 2.15. The van der Waals surface area contributed by atoms with Gasteiger partial charge in [0, 0.05) is 35.5 Å². The largest absolute Gasteiger partial charge is 0.348 e. The van der Waals surface area contributed by atoms with E-state index in [1.54, 1.807) is 12.4 Å². The third-order valence-corrected chi connectivity index (χ3v) is 3.67. The second-order valence-electron chi connectivity index (χ2n) is 4.41. The predicted octanol–water partition coefficient (Wildman–Crippen LogP) is 2.99. The summed E-state index contributed by atoms with van der Waals surface area (Å²) in [5, 5.41) is 13.5. The van der Waals surface area contributed by atoms with Crippen LogP contribution < -0.4 is 5.32 Å². The molecule has 108 valence electrons. The Hall–Kier alpha value is -2.28. The standard InChI is InChI=1S/C14H12BrN3O3/c1-9-7-16-5-4-10(9)8-17-14(19)12-6-11(18(20)21)2-3-13(12)15/h2-7H,8H2,1H3,(H,17,19).